The molecule has 0 aliphatic heterocycles. The lowest BCUT2D eigenvalue weighted by molar-refractivity contribution is 0.233. The second kappa shape index (κ2) is 7.70. The minimum atomic E-state index is -0.250. The van der Waals surface area contributed by atoms with Crippen molar-refractivity contribution in [2.45, 2.75) is 19.9 Å². The molecule has 1 atom stereocenters. The number of amides is 2. The number of H-pyrrole nitrogens is 1. The molecule has 0 spiro atoms. The van der Waals surface area contributed by atoms with Gasteiger partial charge in [0.1, 0.15) is 18.2 Å². The third-order valence-electron chi connectivity index (χ3n) is 3.84. The fourth-order valence-corrected chi connectivity index (χ4v) is 2.46. The molecule has 0 fully saturated rings. The Morgan fingerprint density at radius 2 is 1.96 bits per heavy atom. The summed E-state index contributed by atoms with van der Waals surface area (Å²) >= 11 is 0. The van der Waals surface area contributed by atoms with Crippen LogP contribution < -0.4 is 15.4 Å². The van der Waals surface area contributed by atoms with Crippen molar-refractivity contribution in [2.24, 2.45) is 0 Å². The van der Waals surface area contributed by atoms with Gasteiger partial charge in [0, 0.05) is 0 Å². The number of hydrogen-bond donors (Lipinski definition) is 3. The van der Waals surface area contributed by atoms with Gasteiger partial charge in [-0.1, -0.05) is 29.8 Å². The van der Waals surface area contributed by atoms with Crippen LogP contribution >= 0.6 is 0 Å². The number of imidazole rings is 1. The highest BCUT2D eigenvalue weighted by Gasteiger charge is 2.13. The number of urea groups is 1. The van der Waals surface area contributed by atoms with Gasteiger partial charge in [-0.15, -0.1) is 0 Å². The maximum Gasteiger partial charge on any atom is 0.315 e. The largest absolute Gasteiger partial charge is 0.492 e. The molecular weight excluding hydrogens is 316 g/mol. The van der Waals surface area contributed by atoms with Gasteiger partial charge in [0.2, 0.25) is 0 Å². The van der Waals surface area contributed by atoms with Crippen LogP contribution in [0.15, 0.2) is 48.5 Å². The molecule has 25 heavy (non-hydrogen) atoms. The number of carbonyl (C=O) groups is 1. The van der Waals surface area contributed by atoms with E-state index in [1.165, 1.54) is 5.56 Å². The molecule has 6 heteroatoms. The topological polar surface area (TPSA) is 79.0 Å². The van der Waals surface area contributed by atoms with E-state index in [2.05, 4.69) is 20.6 Å². The van der Waals surface area contributed by atoms with Gasteiger partial charge in [-0.05, 0) is 38.1 Å². The van der Waals surface area contributed by atoms with E-state index in [1.807, 2.05) is 62.4 Å². The molecule has 3 rings (SSSR count). The lowest BCUT2D eigenvalue weighted by atomic mass is 10.2. The van der Waals surface area contributed by atoms with E-state index >= 15 is 0 Å². The number of nitrogens with zero attached hydrogens (tertiary/aromatic N) is 1. The first-order valence-corrected chi connectivity index (χ1v) is 8.30. The van der Waals surface area contributed by atoms with Gasteiger partial charge in [-0.2, -0.15) is 0 Å². The van der Waals surface area contributed by atoms with Gasteiger partial charge >= 0.3 is 6.03 Å². The minimum Gasteiger partial charge on any atom is -0.492 e. The maximum absolute atomic E-state index is 12.0. The number of nitrogens with one attached hydrogen (secondary N) is 3. The summed E-state index contributed by atoms with van der Waals surface area (Å²) in [5.74, 6) is 1.52. The summed E-state index contributed by atoms with van der Waals surface area (Å²) in [7, 11) is 0. The third kappa shape index (κ3) is 4.50. The normalized spacial score (nSPS) is 11.9. The van der Waals surface area contributed by atoms with E-state index in [4.69, 9.17) is 4.74 Å². The highest BCUT2D eigenvalue weighted by molar-refractivity contribution is 5.76. The average Bonchev–Trinajstić information content (AvgIpc) is 3.04. The van der Waals surface area contributed by atoms with Gasteiger partial charge in [0.15, 0.2) is 0 Å². The van der Waals surface area contributed by atoms with Crippen LogP contribution in [0.25, 0.3) is 11.0 Å². The van der Waals surface area contributed by atoms with Crippen LogP contribution in [0.1, 0.15) is 24.4 Å². The Hall–Kier alpha value is -3.02. The molecule has 2 aromatic carbocycles. The quantitative estimate of drug-likeness (QED) is 0.603. The van der Waals surface area contributed by atoms with E-state index in [-0.39, 0.29) is 12.1 Å². The fraction of sp³-hybridized carbons (Fsp3) is 0.263. The summed E-state index contributed by atoms with van der Waals surface area (Å²) < 4.78 is 5.58. The first kappa shape index (κ1) is 16.8. The average molecular weight is 338 g/mol. The number of fused-ring (bicyclic) bond motifs is 1. The Balaban J connectivity index is 1.43. The molecule has 0 saturated heterocycles. The van der Waals surface area contributed by atoms with E-state index in [9.17, 15) is 4.79 Å². The Kier molecular flexibility index (Phi) is 5.18. The first-order chi connectivity index (χ1) is 12.1. The second-order valence-corrected chi connectivity index (χ2v) is 5.92. The number of aromatic nitrogens is 2. The van der Waals surface area contributed by atoms with Crippen molar-refractivity contribution in [3.8, 4) is 5.75 Å². The number of ether oxygens (including phenoxy) is 1. The van der Waals surface area contributed by atoms with E-state index in [1.54, 1.807) is 0 Å². The van der Waals surface area contributed by atoms with E-state index in [0.29, 0.717) is 13.2 Å². The molecule has 2 amide bonds. The van der Waals surface area contributed by atoms with Gasteiger partial charge in [-0.3, -0.25) is 0 Å². The van der Waals surface area contributed by atoms with Gasteiger partial charge in [-0.25, -0.2) is 9.78 Å². The van der Waals surface area contributed by atoms with Gasteiger partial charge in [0.05, 0.1) is 23.6 Å². The smallest absolute Gasteiger partial charge is 0.315 e. The van der Waals surface area contributed by atoms with Crippen LogP contribution in [-0.2, 0) is 0 Å². The van der Waals surface area contributed by atoms with Crippen molar-refractivity contribution in [3.63, 3.8) is 0 Å². The molecule has 1 aromatic heterocycles. The van der Waals surface area contributed by atoms with Crippen molar-refractivity contribution in [2.75, 3.05) is 13.2 Å². The van der Waals surface area contributed by atoms with Crippen molar-refractivity contribution in [3.05, 3.63) is 59.9 Å². The Morgan fingerprint density at radius 1 is 1.20 bits per heavy atom. The number of para-hydroxylation sites is 2. The van der Waals surface area contributed by atoms with E-state index < -0.39 is 0 Å². The predicted molar refractivity (Wildman–Crippen MR) is 97.7 cm³/mol. The third-order valence-corrected chi connectivity index (χ3v) is 3.84. The number of benzene rings is 2. The van der Waals surface area contributed by atoms with Crippen molar-refractivity contribution in [1.82, 2.24) is 20.6 Å². The van der Waals surface area contributed by atoms with Crippen molar-refractivity contribution >= 4 is 17.1 Å². The molecule has 1 unspecified atom stereocenters. The number of aromatic amines is 1. The summed E-state index contributed by atoms with van der Waals surface area (Å²) in [4.78, 5) is 19.7. The molecule has 3 N–H and O–H groups in total. The standard InChI is InChI=1S/C19H22N4O2/c1-13-7-9-15(10-8-13)25-12-11-20-19(24)21-14(2)18-22-16-5-3-4-6-17(16)23-18/h3-10,14H,11-12H2,1-2H3,(H,22,23)(H2,20,21,24). The Morgan fingerprint density at radius 3 is 2.72 bits per heavy atom. The number of carbonyl (C=O) groups excluding carboxylic acids is 1. The lowest BCUT2D eigenvalue weighted by Gasteiger charge is -2.13. The summed E-state index contributed by atoms with van der Waals surface area (Å²) in [6.07, 6.45) is 0. The van der Waals surface area contributed by atoms with Crippen LogP contribution in [-0.4, -0.2) is 29.2 Å². The highest BCUT2D eigenvalue weighted by atomic mass is 16.5. The predicted octanol–water partition coefficient (Wildman–Crippen LogP) is 3.31. The monoisotopic (exact) mass is 338 g/mol. The number of aryl methyl sites for hydroxylation is 1. The molecule has 0 saturated carbocycles. The zero-order valence-corrected chi connectivity index (χ0v) is 14.4. The number of hydrogen-bond acceptors (Lipinski definition) is 3. The molecule has 0 bridgehead atoms. The second-order valence-electron chi connectivity index (χ2n) is 5.92. The molecule has 0 aliphatic rings. The maximum atomic E-state index is 12.0. The molecule has 0 radical (unpaired) electrons. The Bertz CT molecular complexity index is 809. The summed E-state index contributed by atoms with van der Waals surface area (Å²) in [5.41, 5.74) is 3.03. The molecule has 3 aromatic rings. The molecular formula is C19H22N4O2. The fourth-order valence-electron chi connectivity index (χ4n) is 2.46. The van der Waals surface area contributed by atoms with Crippen LogP contribution in [0.2, 0.25) is 0 Å². The molecule has 0 aliphatic carbocycles. The zero-order valence-electron chi connectivity index (χ0n) is 14.4. The van der Waals surface area contributed by atoms with Gasteiger partial charge < -0.3 is 20.4 Å². The first-order valence-electron chi connectivity index (χ1n) is 8.30. The van der Waals surface area contributed by atoms with Crippen LogP contribution in [0.5, 0.6) is 5.75 Å². The molecule has 1 heterocycles. The van der Waals surface area contributed by atoms with Gasteiger partial charge in [0.25, 0.3) is 0 Å². The molecule has 6 nitrogen and oxygen atoms in total. The SMILES string of the molecule is Cc1ccc(OCCNC(=O)NC(C)c2nc3ccccc3[nH]2)cc1. The highest BCUT2D eigenvalue weighted by Crippen LogP contribution is 2.15. The summed E-state index contributed by atoms with van der Waals surface area (Å²) in [6.45, 7) is 4.75. The van der Waals surface area contributed by atoms with Crippen LogP contribution in [0.3, 0.4) is 0 Å². The zero-order chi connectivity index (χ0) is 17.6. The molecule has 130 valence electrons. The van der Waals surface area contributed by atoms with Crippen LogP contribution in [0.4, 0.5) is 4.79 Å². The van der Waals surface area contributed by atoms with Crippen molar-refractivity contribution in [1.29, 1.82) is 0 Å². The number of rotatable bonds is 6. The lowest BCUT2D eigenvalue weighted by Crippen LogP contribution is -2.39. The van der Waals surface area contributed by atoms with Crippen molar-refractivity contribution < 1.29 is 9.53 Å². The Labute approximate surface area is 146 Å². The summed E-state index contributed by atoms with van der Waals surface area (Å²) in [6, 6.07) is 15.1. The summed E-state index contributed by atoms with van der Waals surface area (Å²) in [5, 5.41) is 5.65. The van der Waals surface area contributed by atoms with Crippen LogP contribution in [0, 0.1) is 6.92 Å². The minimum absolute atomic E-state index is 0.217. The van der Waals surface area contributed by atoms with E-state index in [0.717, 1.165) is 22.6 Å².